The molecule has 0 aliphatic rings. The highest BCUT2D eigenvalue weighted by atomic mass is 16.5. The van der Waals surface area contributed by atoms with Crippen LogP contribution in [0.4, 0.5) is 0 Å². The molecule has 5 N–H and O–H groups in total. The van der Waals surface area contributed by atoms with Crippen molar-refractivity contribution in [3.8, 4) is 0 Å². The highest BCUT2D eigenvalue weighted by Crippen LogP contribution is 2.28. The summed E-state index contributed by atoms with van der Waals surface area (Å²) in [5.41, 5.74) is -0.595. The maximum Gasteiger partial charge on any atom is 0.100 e. The van der Waals surface area contributed by atoms with Gasteiger partial charge in [0.05, 0.1) is 25.4 Å². The molecular formula is C33H68O6. The molecule has 0 radical (unpaired) electrons. The normalized spacial score (nSPS) is 12.8. The SMILES string of the molecule is OCCCCCCCCCCCCCCC(CO)(CCCCCCCCCCCCCCO)OCC(O)CO. The smallest absolute Gasteiger partial charge is 0.100 e. The van der Waals surface area contributed by atoms with Gasteiger partial charge < -0.3 is 30.3 Å². The molecule has 1 atom stereocenters. The van der Waals surface area contributed by atoms with Crippen molar-refractivity contribution >= 4 is 0 Å². The molecule has 0 aromatic heterocycles. The fourth-order valence-corrected chi connectivity index (χ4v) is 5.45. The van der Waals surface area contributed by atoms with E-state index in [9.17, 15) is 15.3 Å². The van der Waals surface area contributed by atoms with Gasteiger partial charge in [-0.1, -0.05) is 141 Å². The minimum Gasteiger partial charge on any atom is -0.396 e. The summed E-state index contributed by atoms with van der Waals surface area (Å²) in [6.07, 6.45) is 29.8. The molecule has 0 heterocycles. The molecule has 0 spiro atoms. The summed E-state index contributed by atoms with van der Waals surface area (Å²) in [7, 11) is 0. The molecule has 6 nitrogen and oxygen atoms in total. The van der Waals surface area contributed by atoms with Crippen LogP contribution in [0.5, 0.6) is 0 Å². The Morgan fingerprint density at radius 3 is 0.949 bits per heavy atom. The molecule has 0 bridgehead atoms. The Labute approximate surface area is 242 Å². The average molecular weight is 561 g/mol. The van der Waals surface area contributed by atoms with E-state index in [4.69, 9.17) is 14.9 Å². The van der Waals surface area contributed by atoms with E-state index in [0.29, 0.717) is 13.2 Å². The lowest BCUT2D eigenvalue weighted by molar-refractivity contribution is -0.121. The lowest BCUT2D eigenvalue weighted by Gasteiger charge is -2.33. The third-order valence-corrected chi connectivity index (χ3v) is 8.16. The second-order valence-electron chi connectivity index (χ2n) is 11.9. The molecule has 0 aliphatic heterocycles. The summed E-state index contributed by atoms with van der Waals surface area (Å²) in [4.78, 5) is 0. The molecule has 0 amide bonds. The van der Waals surface area contributed by atoms with Gasteiger partial charge in [-0.05, 0) is 25.7 Å². The zero-order valence-electron chi connectivity index (χ0n) is 25.6. The fraction of sp³-hybridized carbons (Fsp3) is 1.00. The molecule has 39 heavy (non-hydrogen) atoms. The van der Waals surface area contributed by atoms with Gasteiger partial charge in [0, 0.05) is 13.2 Å². The zero-order chi connectivity index (χ0) is 28.7. The summed E-state index contributed by atoms with van der Waals surface area (Å²) in [5, 5.41) is 46.9. The van der Waals surface area contributed by atoms with Gasteiger partial charge in [-0.2, -0.15) is 0 Å². The van der Waals surface area contributed by atoms with Gasteiger partial charge in [-0.25, -0.2) is 0 Å². The summed E-state index contributed by atoms with van der Waals surface area (Å²) in [5.74, 6) is 0. The Morgan fingerprint density at radius 2 is 0.692 bits per heavy atom. The van der Waals surface area contributed by atoms with Crippen LogP contribution >= 0.6 is 0 Å². The molecule has 6 heteroatoms. The van der Waals surface area contributed by atoms with Crippen LogP contribution in [-0.4, -0.2) is 70.3 Å². The van der Waals surface area contributed by atoms with Crippen molar-refractivity contribution in [1.29, 1.82) is 0 Å². The Bertz CT molecular complexity index is 431. The van der Waals surface area contributed by atoms with E-state index in [2.05, 4.69) is 0 Å². The Morgan fingerprint density at radius 1 is 0.410 bits per heavy atom. The first-order valence-corrected chi connectivity index (χ1v) is 16.9. The van der Waals surface area contributed by atoms with Gasteiger partial charge in [0.2, 0.25) is 0 Å². The second-order valence-corrected chi connectivity index (χ2v) is 11.9. The van der Waals surface area contributed by atoms with E-state index in [0.717, 1.165) is 64.2 Å². The largest absolute Gasteiger partial charge is 0.396 e. The predicted octanol–water partition coefficient (Wildman–Crippen LogP) is 7.21. The molecular weight excluding hydrogens is 492 g/mol. The second kappa shape index (κ2) is 30.7. The summed E-state index contributed by atoms with van der Waals surface area (Å²) < 4.78 is 6.06. The van der Waals surface area contributed by atoms with Crippen molar-refractivity contribution in [2.24, 2.45) is 0 Å². The van der Waals surface area contributed by atoms with Gasteiger partial charge in [-0.3, -0.25) is 0 Å². The van der Waals surface area contributed by atoms with Gasteiger partial charge in [0.25, 0.3) is 0 Å². The van der Waals surface area contributed by atoms with Gasteiger partial charge in [0.15, 0.2) is 0 Å². The summed E-state index contributed by atoms with van der Waals surface area (Å²) in [6.45, 7) is 0.391. The molecule has 0 saturated heterocycles. The van der Waals surface area contributed by atoms with Crippen molar-refractivity contribution in [2.45, 2.75) is 179 Å². The quantitative estimate of drug-likeness (QED) is 0.0542. The highest BCUT2D eigenvalue weighted by Gasteiger charge is 2.30. The zero-order valence-corrected chi connectivity index (χ0v) is 25.6. The average Bonchev–Trinajstić information content (AvgIpc) is 2.96. The van der Waals surface area contributed by atoms with Crippen LogP contribution < -0.4 is 0 Å². The first kappa shape index (κ1) is 38.8. The topological polar surface area (TPSA) is 110 Å². The van der Waals surface area contributed by atoms with E-state index in [-0.39, 0.29) is 19.8 Å². The van der Waals surface area contributed by atoms with Gasteiger partial charge >= 0.3 is 0 Å². The van der Waals surface area contributed by atoms with E-state index < -0.39 is 11.7 Å². The lowest BCUT2D eigenvalue weighted by Crippen LogP contribution is -2.40. The molecule has 1 unspecified atom stereocenters. The van der Waals surface area contributed by atoms with Crippen molar-refractivity contribution < 1.29 is 30.3 Å². The van der Waals surface area contributed by atoms with Crippen LogP contribution in [0, 0.1) is 0 Å². The fourth-order valence-electron chi connectivity index (χ4n) is 5.45. The molecule has 0 rings (SSSR count). The number of hydrogen-bond donors (Lipinski definition) is 5. The number of ether oxygens (including phenoxy) is 1. The maximum atomic E-state index is 10.3. The van der Waals surface area contributed by atoms with Crippen molar-refractivity contribution in [3.05, 3.63) is 0 Å². The van der Waals surface area contributed by atoms with Crippen LogP contribution in [0.15, 0.2) is 0 Å². The van der Waals surface area contributed by atoms with Crippen LogP contribution in [0.2, 0.25) is 0 Å². The van der Waals surface area contributed by atoms with Crippen molar-refractivity contribution in [1.82, 2.24) is 0 Å². The number of aliphatic hydroxyl groups is 5. The molecule has 0 saturated carbocycles. The van der Waals surface area contributed by atoms with Crippen molar-refractivity contribution in [3.63, 3.8) is 0 Å². The third kappa shape index (κ3) is 26.4. The number of hydrogen-bond acceptors (Lipinski definition) is 6. The number of unbranched alkanes of at least 4 members (excludes halogenated alkanes) is 22. The lowest BCUT2D eigenvalue weighted by atomic mass is 9.89. The molecule has 0 aromatic carbocycles. The maximum absolute atomic E-state index is 10.3. The predicted molar refractivity (Wildman–Crippen MR) is 163 cm³/mol. The van der Waals surface area contributed by atoms with Crippen LogP contribution in [-0.2, 0) is 4.74 Å². The van der Waals surface area contributed by atoms with E-state index in [1.54, 1.807) is 0 Å². The van der Waals surface area contributed by atoms with Crippen LogP contribution in [0.3, 0.4) is 0 Å². The standard InChI is InChI=1S/C33H68O6/c34-27-23-19-15-11-7-3-1-5-9-13-17-21-25-33(31-37,39-30-32(38)29-36)26-22-18-14-10-6-2-4-8-12-16-20-24-28-35/h32,34-38H,1-31H2. The Kier molecular flexibility index (Phi) is 30.5. The molecule has 236 valence electrons. The Balaban J connectivity index is 3.99. The molecule has 0 fully saturated rings. The molecule has 0 aromatic rings. The monoisotopic (exact) mass is 561 g/mol. The first-order valence-electron chi connectivity index (χ1n) is 16.9. The van der Waals surface area contributed by atoms with Crippen molar-refractivity contribution in [2.75, 3.05) is 33.0 Å². The van der Waals surface area contributed by atoms with Crippen LogP contribution in [0.1, 0.15) is 167 Å². The van der Waals surface area contributed by atoms with E-state index in [1.165, 1.54) is 103 Å². The number of rotatable bonds is 33. The first-order chi connectivity index (χ1) is 19.1. The minimum absolute atomic E-state index is 0.0260. The summed E-state index contributed by atoms with van der Waals surface area (Å²) in [6, 6.07) is 0. The van der Waals surface area contributed by atoms with Crippen LogP contribution in [0.25, 0.3) is 0 Å². The van der Waals surface area contributed by atoms with E-state index >= 15 is 0 Å². The molecule has 0 aliphatic carbocycles. The minimum atomic E-state index is -0.889. The highest BCUT2D eigenvalue weighted by molar-refractivity contribution is 4.81. The van der Waals surface area contributed by atoms with E-state index in [1.807, 2.05) is 0 Å². The van der Waals surface area contributed by atoms with Gasteiger partial charge in [-0.15, -0.1) is 0 Å². The van der Waals surface area contributed by atoms with Gasteiger partial charge in [0.1, 0.15) is 6.10 Å². The summed E-state index contributed by atoms with van der Waals surface area (Å²) >= 11 is 0. The number of aliphatic hydroxyl groups excluding tert-OH is 5. The third-order valence-electron chi connectivity index (χ3n) is 8.16. The Hall–Kier alpha value is -0.240.